The van der Waals surface area contributed by atoms with E-state index < -0.39 is 9.84 Å². The van der Waals surface area contributed by atoms with Crippen LogP contribution in [0.5, 0.6) is 0 Å². The fourth-order valence-corrected chi connectivity index (χ4v) is 4.54. The van der Waals surface area contributed by atoms with E-state index in [2.05, 4.69) is 10.3 Å². The van der Waals surface area contributed by atoms with Gasteiger partial charge in [0.15, 0.2) is 0 Å². The van der Waals surface area contributed by atoms with E-state index in [1.165, 1.54) is 0 Å². The Bertz CT molecular complexity index is 1080. The summed E-state index contributed by atoms with van der Waals surface area (Å²) in [6.45, 7) is 5.10. The number of hydrogen-bond donors (Lipinski definition) is 1. The number of aromatic nitrogens is 1. The first-order chi connectivity index (χ1) is 13.9. The Morgan fingerprint density at radius 1 is 1.03 bits per heavy atom. The molecule has 0 bridgehead atoms. The maximum atomic E-state index is 13.3. The minimum absolute atomic E-state index is 0.0397. The topological polar surface area (TPSA) is 81.4 Å². The fourth-order valence-electron chi connectivity index (χ4n) is 3.26. The summed E-state index contributed by atoms with van der Waals surface area (Å²) in [5.41, 5.74) is 2.81. The van der Waals surface area contributed by atoms with Crippen LogP contribution in [0.3, 0.4) is 0 Å². The molecule has 0 radical (unpaired) electrons. The van der Waals surface area contributed by atoms with E-state index in [1.54, 1.807) is 24.3 Å². The minimum atomic E-state index is -3.84. The molecular formula is C22H24N2O4S. The van der Waals surface area contributed by atoms with Gasteiger partial charge in [-0.25, -0.2) is 8.42 Å². The van der Waals surface area contributed by atoms with E-state index in [0.717, 1.165) is 36.1 Å². The first kappa shape index (κ1) is 19.7. The van der Waals surface area contributed by atoms with E-state index in [4.69, 9.17) is 9.15 Å². The molecule has 1 saturated heterocycles. The summed E-state index contributed by atoms with van der Waals surface area (Å²) in [5.74, 6) is 0.419. The highest BCUT2D eigenvalue weighted by Gasteiger charge is 2.29. The number of ether oxygens (including phenoxy) is 1. The van der Waals surface area contributed by atoms with Crippen molar-refractivity contribution in [3.05, 3.63) is 59.7 Å². The molecule has 2 aromatic carbocycles. The number of anilines is 1. The second-order valence-electron chi connectivity index (χ2n) is 7.35. The number of oxazole rings is 1. The molecule has 1 aliphatic heterocycles. The van der Waals surface area contributed by atoms with Crippen molar-refractivity contribution in [2.75, 3.05) is 18.5 Å². The zero-order chi connectivity index (χ0) is 20.4. The molecule has 2 heterocycles. The van der Waals surface area contributed by atoms with Gasteiger partial charge in [-0.1, -0.05) is 35.4 Å². The Morgan fingerprint density at radius 2 is 1.69 bits per heavy atom. The van der Waals surface area contributed by atoms with E-state index in [0.29, 0.717) is 6.54 Å². The van der Waals surface area contributed by atoms with Crippen LogP contribution in [0.2, 0.25) is 0 Å². The number of nitrogens with zero attached hydrogens (tertiary/aromatic N) is 1. The maximum Gasteiger partial charge on any atom is 0.233 e. The van der Waals surface area contributed by atoms with Gasteiger partial charge in [0.25, 0.3) is 0 Å². The van der Waals surface area contributed by atoms with Gasteiger partial charge in [0.1, 0.15) is 0 Å². The Labute approximate surface area is 170 Å². The van der Waals surface area contributed by atoms with Crippen LogP contribution in [0.1, 0.15) is 24.0 Å². The number of rotatable bonds is 6. The highest BCUT2D eigenvalue weighted by molar-refractivity contribution is 7.91. The molecule has 0 spiro atoms. The van der Waals surface area contributed by atoms with Gasteiger partial charge in [0, 0.05) is 18.7 Å². The molecule has 7 heteroatoms. The number of sulfone groups is 1. The van der Waals surface area contributed by atoms with Crippen molar-refractivity contribution in [3.8, 4) is 11.5 Å². The first-order valence-electron chi connectivity index (χ1n) is 9.68. The summed E-state index contributed by atoms with van der Waals surface area (Å²) in [4.78, 5) is 4.55. The molecule has 0 unspecified atom stereocenters. The maximum absolute atomic E-state index is 13.3. The van der Waals surface area contributed by atoms with Crippen molar-refractivity contribution < 1.29 is 17.6 Å². The molecule has 1 atom stereocenters. The summed E-state index contributed by atoms with van der Waals surface area (Å²) in [6.07, 6.45) is 1.98. The molecule has 1 aliphatic rings. The fraction of sp³-hybridized carbons (Fsp3) is 0.318. The number of benzene rings is 2. The standard InChI is InChI=1S/C22H24N2O4S/c1-15-5-9-17(10-6-15)20-24-22(21(28-20)23-14-18-4-3-13-27-18)29(25,26)19-11-7-16(2)8-12-19/h5-12,18,23H,3-4,13-14H2,1-2H3/t18-/m1/s1. The lowest BCUT2D eigenvalue weighted by Gasteiger charge is -2.10. The normalized spacial score (nSPS) is 16.8. The average molecular weight is 413 g/mol. The van der Waals surface area contributed by atoms with Gasteiger partial charge in [-0.15, -0.1) is 0 Å². The van der Waals surface area contributed by atoms with Crippen LogP contribution < -0.4 is 5.32 Å². The van der Waals surface area contributed by atoms with Gasteiger partial charge >= 0.3 is 0 Å². The second kappa shape index (κ2) is 8.00. The highest BCUT2D eigenvalue weighted by atomic mass is 32.2. The van der Waals surface area contributed by atoms with Crippen molar-refractivity contribution in [2.24, 2.45) is 0 Å². The van der Waals surface area contributed by atoms with Crippen LogP contribution in [0.25, 0.3) is 11.5 Å². The molecule has 1 aromatic heterocycles. The first-order valence-corrected chi connectivity index (χ1v) is 11.2. The summed E-state index contributed by atoms with van der Waals surface area (Å²) in [5, 5.41) is 3.01. The van der Waals surface area contributed by atoms with Crippen LogP contribution in [-0.2, 0) is 14.6 Å². The van der Waals surface area contributed by atoms with Crippen LogP contribution in [0.4, 0.5) is 5.88 Å². The smallest absolute Gasteiger partial charge is 0.233 e. The summed E-state index contributed by atoms with van der Waals surface area (Å²) < 4.78 is 38.0. The summed E-state index contributed by atoms with van der Waals surface area (Å²) in [6, 6.07) is 14.3. The molecule has 4 rings (SSSR count). The Kier molecular flexibility index (Phi) is 5.43. The van der Waals surface area contributed by atoms with E-state index in [1.807, 2.05) is 38.1 Å². The molecule has 0 saturated carbocycles. The third-order valence-electron chi connectivity index (χ3n) is 4.99. The van der Waals surface area contributed by atoms with E-state index in [-0.39, 0.29) is 27.8 Å². The quantitative estimate of drug-likeness (QED) is 0.647. The van der Waals surface area contributed by atoms with E-state index >= 15 is 0 Å². The third kappa shape index (κ3) is 4.21. The Balaban J connectivity index is 1.73. The number of hydrogen-bond acceptors (Lipinski definition) is 6. The predicted octanol–water partition coefficient (Wildman–Crippen LogP) is 4.38. The Hall–Kier alpha value is -2.64. The van der Waals surface area contributed by atoms with Crippen LogP contribution >= 0.6 is 0 Å². The molecule has 1 N–H and O–H groups in total. The van der Waals surface area contributed by atoms with Crippen LogP contribution in [0.15, 0.2) is 62.9 Å². The van der Waals surface area contributed by atoms with Gasteiger partial charge in [0.2, 0.25) is 26.6 Å². The van der Waals surface area contributed by atoms with Crippen molar-refractivity contribution in [1.82, 2.24) is 4.98 Å². The van der Waals surface area contributed by atoms with E-state index in [9.17, 15) is 8.42 Å². The highest BCUT2D eigenvalue weighted by Crippen LogP contribution is 2.33. The van der Waals surface area contributed by atoms with Gasteiger partial charge in [-0.2, -0.15) is 4.98 Å². The molecule has 1 fully saturated rings. The second-order valence-corrected chi connectivity index (χ2v) is 9.22. The number of nitrogens with one attached hydrogen (secondary N) is 1. The van der Waals surface area contributed by atoms with Gasteiger partial charge in [0.05, 0.1) is 11.0 Å². The molecule has 29 heavy (non-hydrogen) atoms. The average Bonchev–Trinajstić information content (AvgIpc) is 3.37. The van der Waals surface area contributed by atoms with Crippen molar-refractivity contribution >= 4 is 15.7 Å². The summed E-state index contributed by atoms with van der Waals surface area (Å²) >= 11 is 0. The largest absolute Gasteiger partial charge is 0.419 e. The minimum Gasteiger partial charge on any atom is -0.419 e. The van der Waals surface area contributed by atoms with Gasteiger partial charge < -0.3 is 14.5 Å². The molecule has 152 valence electrons. The lowest BCUT2D eigenvalue weighted by molar-refractivity contribution is 0.120. The van der Waals surface area contributed by atoms with Crippen molar-refractivity contribution in [2.45, 2.75) is 42.7 Å². The third-order valence-corrected chi connectivity index (χ3v) is 6.67. The molecule has 0 amide bonds. The van der Waals surface area contributed by atoms with Crippen molar-refractivity contribution in [1.29, 1.82) is 0 Å². The SMILES string of the molecule is Cc1ccc(-c2nc(S(=O)(=O)c3ccc(C)cc3)c(NC[C@H]3CCCO3)o2)cc1. The monoisotopic (exact) mass is 412 g/mol. The lowest BCUT2D eigenvalue weighted by atomic mass is 10.1. The molecule has 0 aliphatic carbocycles. The van der Waals surface area contributed by atoms with Crippen molar-refractivity contribution in [3.63, 3.8) is 0 Å². The predicted molar refractivity (Wildman–Crippen MR) is 111 cm³/mol. The van der Waals surface area contributed by atoms with Crippen LogP contribution in [0, 0.1) is 13.8 Å². The summed E-state index contributed by atoms with van der Waals surface area (Å²) in [7, 11) is -3.84. The molecular weight excluding hydrogens is 388 g/mol. The van der Waals surface area contributed by atoms with Gasteiger partial charge in [-0.3, -0.25) is 0 Å². The zero-order valence-electron chi connectivity index (χ0n) is 16.5. The Morgan fingerprint density at radius 3 is 2.31 bits per heavy atom. The van der Waals surface area contributed by atoms with Gasteiger partial charge in [-0.05, 0) is 51.0 Å². The lowest BCUT2D eigenvalue weighted by Crippen LogP contribution is -2.19. The zero-order valence-corrected chi connectivity index (χ0v) is 17.3. The molecule has 3 aromatic rings. The van der Waals surface area contributed by atoms with Crippen LogP contribution in [-0.4, -0.2) is 32.7 Å². The molecule has 6 nitrogen and oxygen atoms in total. The number of aryl methyl sites for hydroxylation is 2.